The Morgan fingerprint density at radius 3 is 2.76 bits per heavy atom. The van der Waals surface area contributed by atoms with Crippen molar-refractivity contribution >= 4 is 62.2 Å². The minimum absolute atomic E-state index is 0.530. The molecule has 2 saturated heterocycles. The summed E-state index contributed by atoms with van der Waals surface area (Å²) in [6.45, 7) is 0. The van der Waals surface area contributed by atoms with Gasteiger partial charge in [-0.15, -0.1) is 0 Å². The van der Waals surface area contributed by atoms with Crippen molar-refractivity contribution in [2.45, 2.75) is 43.8 Å². The predicted molar refractivity (Wildman–Crippen MR) is 102 cm³/mol. The molecule has 4 heterocycles. The van der Waals surface area contributed by atoms with Crippen LogP contribution in [0.3, 0.4) is 0 Å². The number of nitrogens with zero attached hydrogens (tertiary/aromatic N) is 3. The first kappa shape index (κ1) is 14.4. The van der Waals surface area contributed by atoms with Crippen LogP contribution in [0.25, 0.3) is 10.9 Å². The lowest BCUT2D eigenvalue weighted by atomic mass is 9.99. The van der Waals surface area contributed by atoms with Gasteiger partial charge < -0.3 is 5.32 Å². The van der Waals surface area contributed by atoms with E-state index in [0.29, 0.717) is 6.04 Å². The second-order valence-electron chi connectivity index (χ2n) is 5.91. The summed E-state index contributed by atoms with van der Waals surface area (Å²) in [6.07, 6.45) is 6.96. The van der Waals surface area contributed by atoms with E-state index in [4.69, 9.17) is 4.98 Å². The number of halogens is 2. The highest BCUT2D eigenvalue weighted by molar-refractivity contribution is 14.1. The first-order valence-corrected chi connectivity index (χ1v) is 9.37. The molecule has 6 heteroatoms. The monoisotopic (exact) mass is 506 g/mol. The third-order valence-electron chi connectivity index (χ3n) is 4.55. The average molecular weight is 506 g/mol. The van der Waals surface area contributed by atoms with Crippen LogP contribution >= 0.6 is 45.5 Å². The van der Waals surface area contributed by atoms with Gasteiger partial charge in [0, 0.05) is 52.6 Å². The zero-order valence-corrected chi connectivity index (χ0v) is 15.8. The summed E-state index contributed by atoms with van der Waals surface area (Å²) < 4.78 is 3.54. The van der Waals surface area contributed by atoms with Crippen molar-refractivity contribution in [1.82, 2.24) is 13.1 Å². The van der Waals surface area contributed by atoms with Crippen LogP contribution in [0.4, 0.5) is 5.82 Å². The van der Waals surface area contributed by atoms with Crippen molar-refractivity contribution in [3.8, 4) is 0 Å². The van der Waals surface area contributed by atoms with Gasteiger partial charge in [0.05, 0.1) is 5.52 Å². The fraction of sp³-hybridized carbons (Fsp3) is 0.467. The molecule has 2 bridgehead atoms. The quantitative estimate of drug-likeness (QED) is 0.380. The van der Waals surface area contributed by atoms with Gasteiger partial charge in [-0.1, -0.05) is 0 Å². The first-order chi connectivity index (χ1) is 10.2. The number of pyridine rings is 2. The summed E-state index contributed by atoms with van der Waals surface area (Å²) in [5.74, 6) is 0.997. The highest BCUT2D eigenvalue weighted by Crippen LogP contribution is 2.39. The third-order valence-corrected chi connectivity index (χ3v) is 6.68. The lowest BCUT2D eigenvalue weighted by Gasteiger charge is -2.35. The normalized spacial score (nSPS) is 29.0. The van der Waals surface area contributed by atoms with Crippen LogP contribution in [0.5, 0.6) is 0 Å². The molecule has 21 heavy (non-hydrogen) atoms. The molecule has 2 fully saturated rings. The van der Waals surface area contributed by atoms with Gasteiger partial charge in [0.25, 0.3) is 0 Å². The molecule has 110 valence electrons. The van der Waals surface area contributed by atoms with Crippen LogP contribution in [0.15, 0.2) is 24.4 Å². The Hall–Kier alpha value is -0.220. The summed E-state index contributed by atoms with van der Waals surface area (Å²) in [5.41, 5.74) is 1.02. The van der Waals surface area contributed by atoms with Gasteiger partial charge in [0.1, 0.15) is 9.52 Å². The minimum atomic E-state index is 0.530. The van der Waals surface area contributed by atoms with Gasteiger partial charge in [0.15, 0.2) is 0 Å². The van der Waals surface area contributed by atoms with E-state index in [1.54, 1.807) is 0 Å². The maximum Gasteiger partial charge on any atom is 0.136 e. The number of anilines is 1. The maximum absolute atomic E-state index is 4.71. The van der Waals surface area contributed by atoms with Crippen molar-refractivity contribution in [2.24, 2.45) is 0 Å². The summed E-state index contributed by atoms with van der Waals surface area (Å²) in [4.78, 5) is 9.16. The largest absolute Gasteiger partial charge is 0.367 e. The van der Waals surface area contributed by atoms with E-state index >= 15 is 0 Å². The van der Waals surface area contributed by atoms with Crippen molar-refractivity contribution in [3.63, 3.8) is 0 Å². The molecule has 0 aromatic carbocycles. The second kappa shape index (κ2) is 5.77. The lowest BCUT2D eigenvalue weighted by Crippen LogP contribution is -2.41. The molecule has 0 aliphatic carbocycles. The van der Waals surface area contributed by atoms with E-state index in [2.05, 4.69) is 64.9 Å². The Balaban J connectivity index is 1.63. The zero-order valence-electron chi connectivity index (χ0n) is 11.5. The summed E-state index contributed by atoms with van der Waals surface area (Å²) in [7, 11) is 0. The number of rotatable bonds is 2. The van der Waals surface area contributed by atoms with Crippen molar-refractivity contribution in [3.05, 3.63) is 28.1 Å². The Morgan fingerprint density at radius 1 is 1.24 bits per heavy atom. The number of fused-ring (bicyclic) bond motifs is 3. The summed E-state index contributed by atoms with van der Waals surface area (Å²) in [5, 5.41) is 4.83. The molecule has 0 amide bonds. The molecule has 2 aliphatic rings. The van der Waals surface area contributed by atoms with Crippen LogP contribution in [-0.2, 0) is 0 Å². The molecule has 4 rings (SSSR count). The molecule has 2 aliphatic heterocycles. The highest BCUT2D eigenvalue weighted by atomic mass is 127. The predicted octanol–water partition coefficient (Wildman–Crippen LogP) is 3.99. The van der Waals surface area contributed by atoms with E-state index in [1.165, 1.54) is 25.7 Å². The van der Waals surface area contributed by atoms with E-state index < -0.39 is 0 Å². The molecule has 1 N–H and O–H groups in total. The van der Waals surface area contributed by atoms with Crippen molar-refractivity contribution in [2.75, 3.05) is 5.32 Å². The van der Waals surface area contributed by atoms with E-state index in [1.807, 2.05) is 18.3 Å². The van der Waals surface area contributed by atoms with Gasteiger partial charge in [0.2, 0.25) is 0 Å². The molecular formula is C15H16I2N4. The molecule has 0 spiro atoms. The van der Waals surface area contributed by atoms with Crippen LogP contribution in [-0.4, -0.2) is 31.2 Å². The second-order valence-corrected chi connectivity index (χ2v) is 8.12. The van der Waals surface area contributed by atoms with E-state index in [-0.39, 0.29) is 0 Å². The first-order valence-electron chi connectivity index (χ1n) is 7.32. The van der Waals surface area contributed by atoms with Gasteiger partial charge >= 0.3 is 0 Å². The summed E-state index contributed by atoms with van der Waals surface area (Å²) >= 11 is 4.78. The Bertz CT molecular complexity index is 664. The van der Waals surface area contributed by atoms with Gasteiger partial charge in [-0.25, -0.2) is 8.10 Å². The molecule has 2 aromatic rings. The van der Waals surface area contributed by atoms with Gasteiger partial charge in [-0.3, -0.25) is 4.98 Å². The van der Waals surface area contributed by atoms with Crippen molar-refractivity contribution in [1.29, 1.82) is 0 Å². The molecule has 3 atom stereocenters. The molecule has 0 radical (unpaired) electrons. The highest BCUT2D eigenvalue weighted by Gasteiger charge is 2.39. The molecule has 1 unspecified atom stereocenters. The average Bonchev–Trinajstić information content (AvgIpc) is 2.70. The van der Waals surface area contributed by atoms with Crippen LogP contribution in [0, 0.1) is 3.70 Å². The van der Waals surface area contributed by atoms with E-state index in [0.717, 1.165) is 32.5 Å². The van der Waals surface area contributed by atoms with Crippen LogP contribution in [0.1, 0.15) is 25.7 Å². The Labute approximate surface area is 151 Å². The number of hydrogen-bond donors (Lipinski definition) is 1. The number of piperidine rings is 1. The SMILES string of the molecule is Ic1cc2ncccc2c(NC2C[C@H]3CC[C@@H](C2)N3I)n1. The zero-order chi connectivity index (χ0) is 14.4. The standard InChI is InChI=1S/C15H16I2N4/c16-14-8-13-12(2-1-5-18-13)15(20-14)19-9-6-10-3-4-11(7-9)21(10)17/h1-2,5,8-11H,3-4,6-7H2,(H,19,20)/t9?,10-,11+. The molecular weight excluding hydrogens is 490 g/mol. The number of nitrogens with one attached hydrogen (secondary N) is 1. The molecule has 0 saturated carbocycles. The Kier molecular flexibility index (Phi) is 3.95. The number of hydrogen-bond acceptors (Lipinski definition) is 4. The third kappa shape index (κ3) is 2.74. The van der Waals surface area contributed by atoms with Gasteiger partial charge in [-0.2, -0.15) is 0 Å². The Morgan fingerprint density at radius 2 is 2.00 bits per heavy atom. The minimum Gasteiger partial charge on any atom is -0.367 e. The fourth-order valence-electron chi connectivity index (χ4n) is 3.59. The molecule has 4 nitrogen and oxygen atoms in total. The lowest BCUT2D eigenvalue weighted by molar-refractivity contribution is 0.278. The van der Waals surface area contributed by atoms with Crippen molar-refractivity contribution < 1.29 is 0 Å². The van der Waals surface area contributed by atoms with E-state index in [9.17, 15) is 0 Å². The van der Waals surface area contributed by atoms with Gasteiger partial charge in [-0.05, 0) is 66.5 Å². The summed E-state index contributed by atoms with van der Waals surface area (Å²) in [6, 6.07) is 8.12. The number of aromatic nitrogens is 2. The molecule has 2 aromatic heterocycles. The smallest absolute Gasteiger partial charge is 0.136 e. The fourth-order valence-corrected chi connectivity index (χ4v) is 5.13. The maximum atomic E-state index is 4.71. The topological polar surface area (TPSA) is 41.1 Å². The van der Waals surface area contributed by atoms with Crippen LogP contribution < -0.4 is 5.32 Å². The van der Waals surface area contributed by atoms with Crippen LogP contribution in [0.2, 0.25) is 0 Å².